The van der Waals surface area contributed by atoms with Crippen molar-refractivity contribution in [3.8, 4) is 0 Å². The maximum atomic E-state index is 5.45. The summed E-state index contributed by atoms with van der Waals surface area (Å²) >= 11 is 3.75. The van der Waals surface area contributed by atoms with E-state index in [-0.39, 0.29) is 0 Å². The number of hydrogen-bond donors (Lipinski definition) is 0. The quantitative estimate of drug-likeness (QED) is 0.616. The van der Waals surface area contributed by atoms with Crippen LogP contribution in [-0.4, -0.2) is 18.0 Å². The first kappa shape index (κ1) is 8.06. The summed E-state index contributed by atoms with van der Waals surface area (Å²) in [5, 5.41) is 0. The summed E-state index contributed by atoms with van der Waals surface area (Å²) in [7, 11) is 1.85. The van der Waals surface area contributed by atoms with Gasteiger partial charge in [0, 0.05) is 11.9 Å². The molecule has 0 saturated heterocycles. The van der Waals surface area contributed by atoms with Gasteiger partial charge in [-0.15, -0.1) is 0 Å². The number of fused-ring (bicyclic) bond motifs is 2. The molecule has 4 atom stereocenters. The molecule has 11 heavy (non-hydrogen) atoms. The Kier molecular flexibility index (Phi) is 2.24. The molecule has 2 fully saturated rings. The van der Waals surface area contributed by atoms with E-state index >= 15 is 0 Å². The minimum atomic E-state index is 0.564. The number of alkyl halides is 1. The van der Waals surface area contributed by atoms with E-state index in [1.54, 1.807) is 0 Å². The molecule has 0 spiro atoms. The maximum Gasteiger partial charge on any atom is 0.0600 e. The molecule has 0 heterocycles. The van der Waals surface area contributed by atoms with Gasteiger partial charge in [-0.2, -0.15) is 0 Å². The van der Waals surface area contributed by atoms with Crippen LogP contribution in [0.15, 0.2) is 0 Å². The zero-order valence-corrected chi connectivity index (χ0v) is 8.51. The highest BCUT2D eigenvalue weighted by atomic mass is 79.9. The maximum absolute atomic E-state index is 5.45. The van der Waals surface area contributed by atoms with Gasteiger partial charge in [-0.25, -0.2) is 0 Å². The molecule has 0 N–H and O–H groups in total. The van der Waals surface area contributed by atoms with Crippen LogP contribution >= 0.6 is 15.9 Å². The van der Waals surface area contributed by atoms with Crippen molar-refractivity contribution in [1.82, 2.24) is 0 Å². The lowest BCUT2D eigenvalue weighted by atomic mass is 9.87. The average Bonchev–Trinajstić information content (AvgIpc) is 2.30. The van der Waals surface area contributed by atoms with Crippen LogP contribution in [0, 0.1) is 11.8 Å². The second kappa shape index (κ2) is 3.06. The number of hydrogen-bond acceptors (Lipinski definition) is 1. The molecule has 0 aliphatic heterocycles. The Morgan fingerprint density at radius 3 is 2.73 bits per heavy atom. The van der Waals surface area contributed by atoms with Crippen LogP contribution in [0.3, 0.4) is 0 Å². The summed E-state index contributed by atoms with van der Waals surface area (Å²) in [5.41, 5.74) is 0. The third kappa shape index (κ3) is 1.35. The zero-order valence-electron chi connectivity index (χ0n) is 6.92. The number of ether oxygens (including phenoxy) is 1. The van der Waals surface area contributed by atoms with Gasteiger partial charge in [0.15, 0.2) is 0 Å². The lowest BCUT2D eigenvalue weighted by Gasteiger charge is -2.27. The van der Waals surface area contributed by atoms with E-state index in [0.29, 0.717) is 6.10 Å². The Morgan fingerprint density at radius 2 is 2.00 bits per heavy atom. The number of rotatable bonds is 1. The Hall–Kier alpha value is 0.440. The summed E-state index contributed by atoms with van der Waals surface area (Å²) in [4.78, 5) is 0.785. The molecule has 0 amide bonds. The second-order valence-corrected chi connectivity index (χ2v) is 5.04. The lowest BCUT2D eigenvalue weighted by molar-refractivity contribution is 0.0294. The summed E-state index contributed by atoms with van der Waals surface area (Å²) in [6.45, 7) is 0. The molecule has 2 bridgehead atoms. The van der Waals surface area contributed by atoms with Crippen molar-refractivity contribution >= 4 is 15.9 Å². The number of halogens is 1. The van der Waals surface area contributed by atoms with Gasteiger partial charge in [0.25, 0.3) is 0 Å². The standard InChI is InChI=1S/C9H15BrO/c1-11-9-3-2-6-4-7(9)5-8(6)10/h6-9H,2-5H2,1H3/t6-,7+,8+,9+/m0/s1. The molecule has 0 unspecified atom stereocenters. The highest BCUT2D eigenvalue weighted by molar-refractivity contribution is 9.09. The van der Waals surface area contributed by atoms with E-state index in [9.17, 15) is 0 Å². The van der Waals surface area contributed by atoms with Crippen LogP contribution in [0.5, 0.6) is 0 Å². The Labute approximate surface area is 76.6 Å². The van der Waals surface area contributed by atoms with Crippen LogP contribution in [-0.2, 0) is 4.74 Å². The van der Waals surface area contributed by atoms with Crippen molar-refractivity contribution in [3.05, 3.63) is 0 Å². The molecule has 2 rings (SSSR count). The molecule has 0 aromatic carbocycles. The number of methoxy groups -OCH3 is 1. The van der Waals surface area contributed by atoms with Gasteiger partial charge in [0.05, 0.1) is 6.10 Å². The highest BCUT2D eigenvalue weighted by Gasteiger charge is 2.40. The van der Waals surface area contributed by atoms with Crippen LogP contribution < -0.4 is 0 Å². The summed E-state index contributed by atoms with van der Waals surface area (Å²) in [6, 6.07) is 0. The normalized spacial score (nSPS) is 49.6. The molecule has 2 heteroatoms. The summed E-state index contributed by atoms with van der Waals surface area (Å²) in [6.07, 6.45) is 5.95. The first-order valence-corrected chi connectivity index (χ1v) is 5.39. The second-order valence-electron chi connectivity index (χ2n) is 3.86. The predicted octanol–water partition coefficient (Wildman–Crippen LogP) is 2.58. The predicted molar refractivity (Wildman–Crippen MR) is 49.0 cm³/mol. The van der Waals surface area contributed by atoms with Gasteiger partial charge in [-0.1, -0.05) is 15.9 Å². The lowest BCUT2D eigenvalue weighted by Crippen LogP contribution is -2.24. The molecular formula is C9H15BrO. The van der Waals surface area contributed by atoms with Gasteiger partial charge in [0.2, 0.25) is 0 Å². The van der Waals surface area contributed by atoms with Crippen LogP contribution in [0.2, 0.25) is 0 Å². The van der Waals surface area contributed by atoms with E-state index in [0.717, 1.165) is 16.7 Å². The zero-order chi connectivity index (χ0) is 7.84. The van der Waals surface area contributed by atoms with Crippen LogP contribution in [0.1, 0.15) is 25.7 Å². The third-order valence-electron chi connectivity index (χ3n) is 3.30. The molecule has 0 radical (unpaired) electrons. The first-order chi connectivity index (χ1) is 5.31. The van der Waals surface area contributed by atoms with E-state index in [1.807, 2.05) is 7.11 Å². The topological polar surface area (TPSA) is 9.23 Å². The Bertz CT molecular complexity index is 146. The van der Waals surface area contributed by atoms with Crippen LogP contribution in [0.4, 0.5) is 0 Å². The van der Waals surface area contributed by atoms with Gasteiger partial charge in [-0.3, -0.25) is 0 Å². The van der Waals surface area contributed by atoms with Gasteiger partial charge in [-0.05, 0) is 37.5 Å². The molecule has 2 aliphatic rings. The minimum absolute atomic E-state index is 0.564. The molecule has 2 aliphatic carbocycles. The fraction of sp³-hybridized carbons (Fsp3) is 1.00. The summed E-state index contributed by atoms with van der Waals surface area (Å²) in [5.74, 6) is 1.80. The minimum Gasteiger partial charge on any atom is -0.381 e. The van der Waals surface area contributed by atoms with Crippen molar-refractivity contribution in [2.75, 3.05) is 7.11 Å². The van der Waals surface area contributed by atoms with E-state index < -0.39 is 0 Å². The molecular weight excluding hydrogens is 204 g/mol. The Balaban J connectivity index is 2.03. The fourth-order valence-corrected chi connectivity index (χ4v) is 3.60. The SMILES string of the molecule is CO[C@@H]1CC[C@H]2C[C@@H]1C[C@H]2Br. The first-order valence-electron chi connectivity index (χ1n) is 4.48. The largest absolute Gasteiger partial charge is 0.381 e. The molecule has 0 aromatic heterocycles. The molecule has 64 valence electrons. The van der Waals surface area contributed by atoms with Crippen molar-refractivity contribution < 1.29 is 4.74 Å². The van der Waals surface area contributed by atoms with Gasteiger partial charge in [0.1, 0.15) is 0 Å². The van der Waals surface area contributed by atoms with E-state index in [2.05, 4.69) is 15.9 Å². The van der Waals surface area contributed by atoms with Gasteiger partial charge >= 0.3 is 0 Å². The molecule has 1 nitrogen and oxygen atoms in total. The van der Waals surface area contributed by atoms with Gasteiger partial charge < -0.3 is 4.74 Å². The Morgan fingerprint density at radius 1 is 1.18 bits per heavy atom. The highest BCUT2D eigenvalue weighted by Crippen LogP contribution is 2.46. The monoisotopic (exact) mass is 218 g/mol. The molecule has 0 aromatic rings. The fourth-order valence-electron chi connectivity index (χ4n) is 2.64. The van der Waals surface area contributed by atoms with Crippen molar-refractivity contribution in [2.45, 2.75) is 36.6 Å². The smallest absolute Gasteiger partial charge is 0.0600 e. The van der Waals surface area contributed by atoms with E-state index in [4.69, 9.17) is 4.74 Å². The van der Waals surface area contributed by atoms with Crippen molar-refractivity contribution in [1.29, 1.82) is 0 Å². The summed E-state index contributed by atoms with van der Waals surface area (Å²) < 4.78 is 5.45. The van der Waals surface area contributed by atoms with Crippen molar-refractivity contribution in [2.24, 2.45) is 11.8 Å². The average molecular weight is 219 g/mol. The van der Waals surface area contributed by atoms with Crippen LogP contribution in [0.25, 0.3) is 0 Å². The third-order valence-corrected chi connectivity index (χ3v) is 4.42. The van der Waals surface area contributed by atoms with E-state index in [1.165, 1.54) is 25.7 Å². The molecule has 2 saturated carbocycles. The van der Waals surface area contributed by atoms with Crippen molar-refractivity contribution in [3.63, 3.8) is 0 Å².